The lowest BCUT2D eigenvalue weighted by atomic mass is 9.71. The second-order valence-corrected chi connectivity index (χ2v) is 6.05. The van der Waals surface area contributed by atoms with E-state index in [2.05, 4.69) is 5.32 Å². The van der Waals surface area contributed by atoms with E-state index in [1.165, 1.54) is 19.3 Å². The van der Waals surface area contributed by atoms with E-state index >= 15 is 0 Å². The van der Waals surface area contributed by atoms with Gasteiger partial charge in [0.1, 0.15) is 5.41 Å². The molecule has 1 aromatic carbocycles. The highest BCUT2D eigenvalue weighted by molar-refractivity contribution is 6.42. The normalized spacial score (nSPS) is 18.7. The van der Waals surface area contributed by atoms with Crippen molar-refractivity contribution in [1.82, 2.24) is 5.32 Å². The second kappa shape index (κ2) is 8.73. The first-order valence-electron chi connectivity index (χ1n) is 7.19. The van der Waals surface area contributed by atoms with E-state index < -0.39 is 17.4 Å². The molecule has 9 heteroatoms. The average Bonchev–Trinajstić information content (AvgIpc) is 2.56. The first-order chi connectivity index (χ1) is 12.2. The van der Waals surface area contributed by atoms with Crippen LogP contribution in [-0.4, -0.2) is 35.7 Å². The van der Waals surface area contributed by atoms with Crippen LogP contribution in [0.5, 0.6) is 0 Å². The molecule has 26 heavy (non-hydrogen) atoms. The largest absolute Gasteiger partial charge is 0.483 e. The summed E-state index contributed by atoms with van der Waals surface area (Å²) < 4.78 is 4.79. The smallest absolute Gasteiger partial charge is 0.337 e. The molecular weight excluding hydrogens is 385 g/mol. The fourth-order valence-electron chi connectivity index (χ4n) is 2.81. The van der Waals surface area contributed by atoms with E-state index in [1.807, 2.05) is 0 Å². The number of halogens is 2. The number of aliphatic carboxylic acids is 1. The highest BCUT2D eigenvalue weighted by Crippen LogP contribution is 2.44. The Bertz CT molecular complexity index is 802. The van der Waals surface area contributed by atoms with Crippen LogP contribution >= 0.6 is 23.2 Å². The molecule has 0 aliphatic carbocycles. The zero-order valence-corrected chi connectivity index (χ0v) is 15.7. The molecule has 1 aromatic rings. The molecule has 2 rings (SSSR count). The van der Waals surface area contributed by atoms with Gasteiger partial charge in [0.2, 0.25) is 0 Å². The van der Waals surface area contributed by atoms with Crippen LogP contribution < -0.4 is 5.32 Å². The van der Waals surface area contributed by atoms with Crippen molar-refractivity contribution in [3.8, 4) is 0 Å². The van der Waals surface area contributed by atoms with E-state index in [-0.39, 0.29) is 27.7 Å². The minimum atomic E-state index is -1.78. The second-order valence-electron chi connectivity index (χ2n) is 5.26. The van der Waals surface area contributed by atoms with Gasteiger partial charge in [-0.15, -0.1) is 0 Å². The molecule has 0 aromatic heterocycles. The van der Waals surface area contributed by atoms with Crippen LogP contribution in [0, 0.1) is 0 Å². The fraction of sp³-hybridized carbons (Fsp3) is 0.235. The van der Waals surface area contributed by atoms with Crippen molar-refractivity contribution in [2.45, 2.75) is 19.3 Å². The Balaban J connectivity index is 0.00000105. The first-order valence-corrected chi connectivity index (χ1v) is 7.94. The van der Waals surface area contributed by atoms with Gasteiger partial charge in [0.25, 0.3) is 6.47 Å². The van der Waals surface area contributed by atoms with Crippen molar-refractivity contribution in [3.05, 3.63) is 56.9 Å². The number of carbonyl (C=O) groups excluding carboxylic acids is 1. The molecule has 3 N–H and O–H groups in total. The third-order valence-electron chi connectivity index (χ3n) is 3.69. The van der Waals surface area contributed by atoms with Crippen molar-refractivity contribution in [2.75, 3.05) is 7.11 Å². The van der Waals surface area contributed by atoms with Crippen molar-refractivity contribution < 1.29 is 29.3 Å². The molecular formula is C17H17Cl2NO6. The van der Waals surface area contributed by atoms with Gasteiger partial charge in [0.05, 0.1) is 22.7 Å². The molecule has 1 atom stereocenters. The number of dihydropyridines is 1. The maximum Gasteiger partial charge on any atom is 0.337 e. The number of esters is 1. The van der Waals surface area contributed by atoms with Crippen molar-refractivity contribution in [2.24, 2.45) is 0 Å². The summed E-state index contributed by atoms with van der Waals surface area (Å²) in [7, 11) is 1.19. The summed E-state index contributed by atoms with van der Waals surface area (Å²) in [5.41, 5.74) is -0.653. The van der Waals surface area contributed by atoms with Crippen LogP contribution in [0.4, 0.5) is 0 Å². The summed E-state index contributed by atoms with van der Waals surface area (Å²) in [6, 6.07) is 4.67. The molecule has 0 saturated carbocycles. The van der Waals surface area contributed by atoms with Crippen LogP contribution in [0.3, 0.4) is 0 Å². The van der Waals surface area contributed by atoms with Crippen molar-refractivity contribution in [3.63, 3.8) is 0 Å². The molecule has 1 aliphatic heterocycles. The molecule has 0 bridgehead atoms. The lowest BCUT2D eigenvalue weighted by Gasteiger charge is -2.34. The summed E-state index contributed by atoms with van der Waals surface area (Å²) >= 11 is 12.3. The Morgan fingerprint density at radius 2 is 1.85 bits per heavy atom. The molecule has 7 nitrogen and oxygen atoms in total. The number of hydrogen-bond acceptors (Lipinski definition) is 5. The van der Waals surface area contributed by atoms with E-state index in [4.69, 9.17) is 37.8 Å². The third-order valence-corrected chi connectivity index (χ3v) is 4.51. The summed E-state index contributed by atoms with van der Waals surface area (Å²) in [4.78, 5) is 32.9. The van der Waals surface area contributed by atoms with Gasteiger partial charge < -0.3 is 20.3 Å². The third kappa shape index (κ3) is 3.84. The zero-order valence-electron chi connectivity index (χ0n) is 14.2. The van der Waals surface area contributed by atoms with Crippen LogP contribution in [-0.2, 0) is 24.5 Å². The molecule has 0 spiro atoms. The van der Waals surface area contributed by atoms with Gasteiger partial charge in [-0.1, -0.05) is 35.3 Å². The quantitative estimate of drug-likeness (QED) is 0.526. The van der Waals surface area contributed by atoms with Crippen LogP contribution in [0.25, 0.3) is 0 Å². The average molecular weight is 402 g/mol. The Kier molecular flexibility index (Phi) is 7.23. The minimum Gasteiger partial charge on any atom is -0.483 e. The summed E-state index contributed by atoms with van der Waals surface area (Å²) in [6.45, 7) is 3.06. The van der Waals surface area contributed by atoms with E-state index in [1.54, 1.807) is 26.0 Å². The molecule has 0 radical (unpaired) electrons. The van der Waals surface area contributed by atoms with Crippen molar-refractivity contribution >= 4 is 41.6 Å². The standard InChI is InChI=1S/C16H15Cl2NO4.CH2O2/c1-8-7-16(15(21)22,10-5-4-6-11(17)13(10)18)12(9(2)19-8)14(20)23-3;2-1-3/h4-7,19H,1-3H3,(H,21,22);1H,(H,2,3). The molecule has 1 aliphatic rings. The van der Waals surface area contributed by atoms with Gasteiger partial charge in [-0.25, -0.2) is 4.79 Å². The number of carboxylic acids is 1. The lowest BCUT2D eigenvalue weighted by Crippen LogP contribution is -2.44. The van der Waals surface area contributed by atoms with Gasteiger partial charge in [0, 0.05) is 11.4 Å². The number of hydrogen-bond donors (Lipinski definition) is 3. The molecule has 0 saturated heterocycles. The van der Waals surface area contributed by atoms with Gasteiger partial charge in [-0.3, -0.25) is 9.59 Å². The molecule has 0 fully saturated rings. The van der Waals surface area contributed by atoms with Crippen molar-refractivity contribution in [1.29, 1.82) is 0 Å². The van der Waals surface area contributed by atoms with Gasteiger partial charge >= 0.3 is 11.9 Å². The molecule has 0 amide bonds. The molecule has 140 valence electrons. The lowest BCUT2D eigenvalue weighted by molar-refractivity contribution is -0.145. The predicted octanol–water partition coefficient (Wildman–Crippen LogP) is 2.97. The summed E-state index contributed by atoms with van der Waals surface area (Å²) in [6.07, 6.45) is 1.44. The predicted molar refractivity (Wildman–Crippen MR) is 96.1 cm³/mol. The number of rotatable bonds is 3. The number of nitrogens with one attached hydrogen (secondary N) is 1. The van der Waals surface area contributed by atoms with Gasteiger partial charge in [0.15, 0.2) is 0 Å². The van der Waals surface area contributed by atoms with E-state index in [9.17, 15) is 14.7 Å². The Labute approximate surface area is 159 Å². The number of allylic oxidation sites excluding steroid dienone is 2. The molecule has 1 unspecified atom stereocenters. The van der Waals surface area contributed by atoms with E-state index in [0.29, 0.717) is 11.4 Å². The summed E-state index contributed by atoms with van der Waals surface area (Å²) in [5, 5.41) is 20.1. The SMILES string of the molecule is COC(=O)C1=C(C)NC(C)=CC1(C(=O)O)c1cccc(Cl)c1Cl.O=CO. The fourth-order valence-corrected chi connectivity index (χ4v) is 3.26. The first kappa shape index (κ1) is 21.5. The maximum absolute atomic E-state index is 12.3. The maximum atomic E-state index is 12.3. The number of ether oxygens (including phenoxy) is 1. The number of benzene rings is 1. The number of carboxylic acid groups (broad SMARTS) is 2. The van der Waals surface area contributed by atoms with Crippen LogP contribution in [0.15, 0.2) is 41.2 Å². The Morgan fingerprint density at radius 1 is 1.27 bits per heavy atom. The molecule has 1 heterocycles. The van der Waals surface area contributed by atoms with Crippen LogP contribution in [0.2, 0.25) is 10.0 Å². The minimum absolute atomic E-state index is 0.0396. The highest BCUT2D eigenvalue weighted by Gasteiger charge is 2.50. The Hall–Kier alpha value is -2.51. The van der Waals surface area contributed by atoms with Crippen LogP contribution in [0.1, 0.15) is 19.4 Å². The van der Waals surface area contributed by atoms with E-state index in [0.717, 1.165) is 0 Å². The zero-order chi connectivity index (χ0) is 20.1. The number of carbonyl (C=O) groups is 3. The van der Waals surface area contributed by atoms with Gasteiger partial charge in [-0.05, 0) is 31.6 Å². The topological polar surface area (TPSA) is 113 Å². The monoisotopic (exact) mass is 401 g/mol. The highest BCUT2D eigenvalue weighted by atomic mass is 35.5. The Morgan fingerprint density at radius 3 is 2.35 bits per heavy atom. The van der Waals surface area contributed by atoms with Gasteiger partial charge in [-0.2, -0.15) is 0 Å². The number of methoxy groups -OCH3 is 1. The summed E-state index contributed by atoms with van der Waals surface area (Å²) in [5.74, 6) is -2.00.